The molecule has 230 valence electrons. The number of benzene rings is 6. The van der Waals surface area contributed by atoms with Crippen LogP contribution in [0, 0.1) is 0 Å². The lowest BCUT2D eigenvalue weighted by molar-refractivity contribution is -0.739. The quantitative estimate of drug-likeness (QED) is 0.170. The lowest BCUT2D eigenvalue weighted by Gasteiger charge is -2.30. The average molecular weight is 639 g/mol. The molecule has 1 aromatic heterocycles. The highest BCUT2D eigenvalue weighted by molar-refractivity contribution is 7.25. The summed E-state index contributed by atoms with van der Waals surface area (Å²) in [6.45, 7) is 0. The van der Waals surface area contributed by atoms with Crippen LogP contribution in [0.25, 0.3) is 42.7 Å². The number of nitrogens with one attached hydrogen (secondary N) is 1. The standard InChI is InChI=1S/C43H32N4S/c1-4-12-29(13-5-1)37-24-25-38(44-37)30-22-20-28(21-23-30)34-27-40-35(33-18-10-11-19-39(33)48-40)26-36(34)43-46-41(31-14-6-2-7-15-31)45-42(47-43)32-16-8-3-9-17-32/h1-27,41,43-44,46H,(H,45,47)/p+2. The van der Waals surface area contributed by atoms with E-state index in [1.54, 1.807) is 0 Å². The van der Waals surface area contributed by atoms with Crippen LogP contribution in [-0.4, -0.2) is 5.84 Å². The third-order valence-corrected chi connectivity index (χ3v) is 10.5. The fourth-order valence-corrected chi connectivity index (χ4v) is 8.07. The number of quaternary nitrogens is 2. The Kier molecular flexibility index (Phi) is 7.28. The van der Waals surface area contributed by atoms with Gasteiger partial charge in [0.05, 0.1) is 0 Å². The lowest BCUT2D eigenvalue weighted by Crippen LogP contribution is -2.90. The minimum absolute atomic E-state index is 0.0517. The van der Waals surface area contributed by atoms with E-state index >= 15 is 0 Å². The number of nitrogens with two attached hydrogens (primary N) is 2. The van der Waals surface area contributed by atoms with Crippen molar-refractivity contribution in [3.63, 3.8) is 0 Å². The molecule has 2 atom stereocenters. The minimum atomic E-state index is -0.0750. The summed E-state index contributed by atoms with van der Waals surface area (Å²) in [6.07, 6.45) is 4.31. The van der Waals surface area contributed by atoms with Crippen molar-refractivity contribution in [1.82, 2.24) is 5.32 Å². The van der Waals surface area contributed by atoms with Crippen molar-refractivity contribution in [2.24, 2.45) is 4.99 Å². The lowest BCUT2D eigenvalue weighted by atomic mass is 9.93. The number of allylic oxidation sites excluding steroid dienone is 2. The third kappa shape index (κ3) is 5.34. The molecule has 0 fully saturated rings. The molecule has 0 saturated carbocycles. The predicted octanol–water partition coefficient (Wildman–Crippen LogP) is 7.99. The molecule has 0 radical (unpaired) electrons. The molecule has 0 aliphatic carbocycles. The Labute approximate surface area is 283 Å². The van der Waals surface area contributed by atoms with Gasteiger partial charge >= 0.3 is 0 Å². The first-order valence-electron chi connectivity index (χ1n) is 16.4. The molecule has 2 unspecified atom stereocenters. The number of thiophene rings is 1. The molecule has 2 aliphatic heterocycles. The zero-order valence-electron chi connectivity index (χ0n) is 26.3. The average Bonchev–Trinajstić information content (AvgIpc) is 3.81. The number of fused-ring (bicyclic) bond motifs is 3. The van der Waals surface area contributed by atoms with Gasteiger partial charge in [-0.15, -0.1) is 11.3 Å². The Bertz CT molecular complexity index is 2360. The highest BCUT2D eigenvalue weighted by Crippen LogP contribution is 2.40. The van der Waals surface area contributed by atoms with Crippen molar-refractivity contribution >= 4 is 48.7 Å². The normalized spacial score (nSPS) is 17.5. The number of aliphatic imine (C=N–C) groups is 1. The molecule has 0 saturated heterocycles. The van der Waals surface area contributed by atoms with Gasteiger partial charge in [0.15, 0.2) is 6.17 Å². The second kappa shape index (κ2) is 12.2. The molecule has 6 aromatic carbocycles. The smallest absolute Gasteiger partial charge is 0.209 e. The summed E-state index contributed by atoms with van der Waals surface area (Å²) in [5.74, 6) is 0.916. The molecule has 5 heteroatoms. The largest absolute Gasteiger partial charge is 0.317 e. The van der Waals surface area contributed by atoms with Crippen molar-refractivity contribution < 1.29 is 10.6 Å². The number of hydrogen-bond acceptors (Lipinski definition) is 3. The first kappa shape index (κ1) is 28.6. The maximum absolute atomic E-state index is 5.22. The molecule has 2 aliphatic rings. The monoisotopic (exact) mass is 638 g/mol. The van der Waals surface area contributed by atoms with E-state index in [-0.39, 0.29) is 12.3 Å². The topological polar surface area (TPSA) is 57.6 Å². The summed E-state index contributed by atoms with van der Waals surface area (Å²) in [7, 11) is 0. The second-order valence-electron chi connectivity index (χ2n) is 12.4. The van der Waals surface area contributed by atoms with Gasteiger partial charge in [0.2, 0.25) is 6.17 Å². The molecule has 0 spiro atoms. The maximum Gasteiger partial charge on any atom is 0.209 e. The van der Waals surface area contributed by atoms with Crippen molar-refractivity contribution in [3.05, 3.63) is 192 Å². The molecular weight excluding hydrogens is 605 g/mol. The van der Waals surface area contributed by atoms with Gasteiger partial charge in [-0.1, -0.05) is 109 Å². The first-order chi connectivity index (χ1) is 23.8. The van der Waals surface area contributed by atoms with Gasteiger partial charge in [-0.2, -0.15) is 0 Å². The van der Waals surface area contributed by atoms with Gasteiger partial charge < -0.3 is 5.32 Å². The molecule has 9 rings (SSSR count). The molecule has 0 amide bonds. The van der Waals surface area contributed by atoms with Crippen LogP contribution in [-0.2, 0) is 0 Å². The van der Waals surface area contributed by atoms with Crippen molar-refractivity contribution in [2.75, 3.05) is 0 Å². The zero-order chi connectivity index (χ0) is 31.9. The zero-order valence-corrected chi connectivity index (χ0v) is 27.1. The first-order valence-corrected chi connectivity index (χ1v) is 17.3. The molecular formula is C43H34N4S+2. The molecule has 5 N–H and O–H groups in total. The Morgan fingerprint density at radius 2 is 1.15 bits per heavy atom. The Morgan fingerprint density at radius 1 is 0.542 bits per heavy atom. The van der Waals surface area contributed by atoms with Crippen molar-refractivity contribution in [2.45, 2.75) is 12.3 Å². The van der Waals surface area contributed by atoms with Crippen LogP contribution in [0.1, 0.15) is 40.1 Å². The SMILES string of the molecule is C1=C(c2ccccc2)[NH2+]C(c2ccc(-c3cc4sc5ccccc5c4cc3C3NC(c4ccccc4)=NC(c4ccccc4)[NH2+]3)cc2)=C1. The van der Waals surface area contributed by atoms with E-state index in [0.717, 1.165) is 11.4 Å². The van der Waals surface area contributed by atoms with Gasteiger partial charge in [-0.05, 0) is 53.6 Å². The van der Waals surface area contributed by atoms with Gasteiger partial charge in [-0.25, -0.2) is 4.99 Å². The maximum atomic E-state index is 5.22. The summed E-state index contributed by atoms with van der Waals surface area (Å²) in [6, 6.07) is 54.4. The van der Waals surface area contributed by atoms with E-state index in [1.165, 1.54) is 64.9 Å². The van der Waals surface area contributed by atoms with E-state index in [0.29, 0.717) is 0 Å². The van der Waals surface area contributed by atoms with Crippen LogP contribution in [0.4, 0.5) is 0 Å². The van der Waals surface area contributed by atoms with Gasteiger partial charge in [0.1, 0.15) is 17.2 Å². The number of rotatable bonds is 6. The Morgan fingerprint density at radius 3 is 1.88 bits per heavy atom. The summed E-state index contributed by atoms with van der Waals surface area (Å²) in [5.41, 5.74) is 10.9. The number of nitrogens with zero attached hydrogens (tertiary/aromatic N) is 1. The highest BCUT2D eigenvalue weighted by atomic mass is 32.1. The molecule has 0 bridgehead atoms. The Hall–Kier alpha value is -5.59. The van der Waals surface area contributed by atoms with Crippen LogP contribution in [0.3, 0.4) is 0 Å². The van der Waals surface area contributed by atoms with E-state index in [9.17, 15) is 0 Å². The molecule has 7 aromatic rings. The van der Waals surface area contributed by atoms with Crippen LogP contribution in [0.5, 0.6) is 0 Å². The van der Waals surface area contributed by atoms with Gasteiger partial charge in [-0.3, -0.25) is 10.6 Å². The Balaban J connectivity index is 1.13. The fourth-order valence-electron chi connectivity index (χ4n) is 6.94. The van der Waals surface area contributed by atoms with Crippen LogP contribution >= 0.6 is 11.3 Å². The number of amidine groups is 1. The van der Waals surface area contributed by atoms with Crippen molar-refractivity contribution in [3.8, 4) is 11.1 Å². The second-order valence-corrected chi connectivity index (χ2v) is 13.5. The summed E-state index contributed by atoms with van der Waals surface area (Å²) in [5, 5.41) is 11.1. The van der Waals surface area contributed by atoms with E-state index in [1.807, 2.05) is 11.3 Å². The summed E-state index contributed by atoms with van der Waals surface area (Å²) in [4.78, 5) is 5.22. The van der Waals surface area contributed by atoms with Gasteiger partial charge in [0.25, 0.3) is 0 Å². The molecule has 4 nitrogen and oxygen atoms in total. The fraction of sp³-hybridized carbons (Fsp3) is 0.0465. The predicted molar refractivity (Wildman–Crippen MR) is 199 cm³/mol. The molecule has 48 heavy (non-hydrogen) atoms. The highest BCUT2D eigenvalue weighted by Gasteiger charge is 2.31. The third-order valence-electron chi connectivity index (χ3n) is 9.40. The summed E-state index contributed by atoms with van der Waals surface area (Å²) >= 11 is 1.87. The van der Waals surface area contributed by atoms with E-state index in [4.69, 9.17) is 4.99 Å². The van der Waals surface area contributed by atoms with Crippen LogP contribution < -0.4 is 16.0 Å². The van der Waals surface area contributed by atoms with E-state index < -0.39 is 0 Å². The van der Waals surface area contributed by atoms with Gasteiger partial charge in [0, 0.05) is 60.1 Å². The van der Waals surface area contributed by atoms with Crippen LogP contribution in [0.15, 0.2) is 169 Å². The summed E-state index contributed by atoms with van der Waals surface area (Å²) < 4.78 is 2.61. The molecule has 3 heterocycles. The number of hydrogen-bond donors (Lipinski definition) is 3. The van der Waals surface area contributed by atoms with Crippen molar-refractivity contribution in [1.29, 1.82) is 0 Å². The van der Waals surface area contributed by atoms with E-state index in [2.05, 4.69) is 180 Å². The minimum Gasteiger partial charge on any atom is -0.317 e. The van der Waals surface area contributed by atoms with Crippen LogP contribution in [0.2, 0.25) is 0 Å².